The molecule has 0 aliphatic heterocycles. The van der Waals surface area contributed by atoms with Crippen molar-refractivity contribution in [3.05, 3.63) is 35.9 Å². The fourth-order valence-electron chi connectivity index (χ4n) is 0.717. The molecule has 0 radical (unpaired) electrons. The number of hydrogen-bond donors (Lipinski definition) is 1. The first kappa shape index (κ1) is 13.5. The Bertz CT molecular complexity index is 336. The predicted octanol–water partition coefficient (Wildman–Crippen LogP) is 0.689. The van der Waals surface area contributed by atoms with Crippen LogP contribution in [0, 0.1) is 0 Å². The van der Waals surface area contributed by atoms with E-state index in [4.69, 9.17) is 4.55 Å². The average Bonchev–Trinajstić information content (AvgIpc) is 2.02. The van der Waals surface area contributed by atoms with E-state index in [-0.39, 0.29) is 36.2 Å². The molecule has 0 saturated heterocycles. The first-order chi connectivity index (χ1) is 5.58. The van der Waals surface area contributed by atoms with Crippen LogP contribution in [0.1, 0.15) is 5.56 Å². The van der Waals surface area contributed by atoms with Gasteiger partial charge in [0.05, 0.1) is 6.61 Å². The fourth-order valence-corrected chi connectivity index (χ4v) is 1.15. The second kappa shape index (κ2) is 6.08. The van der Waals surface area contributed by atoms with E-state index < -0.39 is 9.05 Å². The normalized spacial score (nSPS) is 14.2. The molecule has 0 bridgehead atoms. The zero-order valence-corrected chi connectivity index (χ0v) is 7.81. The molecule has 0 saturated carbocycles. The Morgan fingerprint density at radius 3 is 2.38 bits per heavy atom. The molecule has 0 spiro atoms. The van der Waals surface area contributed by atoms with E-state index in [2.05, 4.69) is 15.4 Å². The standard InChI is InChI=1S/C7H8O3S2.Na.H/c8-12(9,11)10-6-7-4-2-1-3-5-7;;/h1-5H,6H2,(H,8,9,11);;. The summed E-state index contributed by atoms with van der Waals surface area (Å²) in [5.74, 6) is 0. The second-order valence-corrected chi connectivity index (χ2v) is 4.53. The Morgan fingerprint density at radius 1 is 1.38 bits per heavy atom. The maximum atomic E-state index is 10.5. The summed E-state index contributed by atoms with van der Waals surface area (Å²) in [5, 5.41) is 0. The average molecular weight is 228 g/mol. The van der Waals surface area contributed by atoms with Crippen LogP contribution in [0.25, 0.3) is 0 Å². The summed E-state index contributed by atoms with van der Waals surface area (Å²) in [6, 6.07) is 9.08. The minimum absolute atomic E-state index is 0. The van der Waals surface area contributed by atoms with Gasteiger partial charge in [-0.05, 0) is 5.56 Å². The van der Waals surface area contributed by atoms with Gasteiger partial charge in [0.25, 0.3) is 9.05 Å². The SMILES string of the molecule is O=S(O)(=S)OCc1ccccc1.[NaH]. The predicted molar refractivity (Wildman–Crippen MR) is 56.5 cm³/mol. The van der Waals surface area contributed by atoms with Crippen LogP contribution < -0.4 is 0 Å². The number of benzene rings is 1. The van der Waals surface area contributed by atoms with E-state index in [9.17, 15) is 4.21 Å². The summed E-state index contributed by atoms with van der Waals surface area (Å²) >= 11 is 4.15. The molecule has 1 atom stereocenters. The Hall–Kier alpha value is 0.510. The van der Waals surface area contributed by atoms with Crippen molar-refractivity contribution in [2.75, 3.05) is 0 Å². The molecule has 1 aromatic carbocycles. The van der Waals surface area contributed by atoms with E-state index in [1.165, 1.54) is 0 Å². The van der Waals surface area contributed by atoms with E-state index in [1.54, 1.807) is 12.1 Å². The Balaban J connectivity index is 0.00000144. The number of hydrogen-bond acceptors (Lipinski definition) is 3. The van der Waals surface area contributed by atoms with Crippen molar-refractivity contribution in [3.8, 4) is 0 Å². The summed E-state index contributed by atoms with van der Waals surface area (Å²) in [5.41, 5.74) is 0.823. The van der Waals surface area contributed by atoms with Gasteiger partial charge in [-0.1, -0.05) is 30.3 Å². The summed E-state index contributed by atoms with van der Waals surface area (Å²) in [6.45, 7) is 0.0691. The number of rotatable bonds is 3. The first-order valence-corrected chi connectivity index (χ1v) is 5.60. The van der Waals surface area contributed by atoms with Crippen molar-refractivity contribution in [1.29, 1.82) is 0 Å². The molecule has 0 heterocycles. The van der Waals surface area contributed by atoms with Gasteiger partial charge >= 0.3 is 29.6 Å². The monoisotopic (exact) mass is 228 g/mol. The molecule has 13 heavy (non-hydrogen) atoms. The fraction of sp³-hybridized carbons (Fsp3) is 0.143. The Kier molecular flexibility index (Phi) is 6.32. The van der Waals surface area contributed by atoms with Gasteiger partial charge in [0.2, 0.25) is 0 Å². The van der Waals surface area contributed by atoms with Crippen LogP contribution in [-0.2, 0) is 31.0 Å². The zero-order valence-electron chi connectivity index (χ0n) is 6.17. The van der Waals surface area contributed by atoms with Crippen molar-refractivity contribution in [3.63, 3.8) is 0 Å². The van der Waals surface area contributed by atoms with Gasteiger partial charge in [-0.15, -0.1) is 0 Å². The maximum absolute atomic E-state index is 10.5. The van der Waals surface area contributed by atoms with E-state index >= 15 is 0 Å². The van der Waals surface area contributed by atoms with Crippen molar-refractivity contribution in [2.24, 2.45) is 0 Å². The van der Waals surface area contributed by atoms with Crippen molar-refractivity contribution >= 4 is 49.8 Å². The molecule has 1 rings (SSSR count). The van der Waals surface area contributed by atoms with Gasteiger partial charge in [0, 0.05) is 11.2 Å². The van der Waals surface area contributed by atoms with Crippen LogP contribution in [-0.4, -0.2) is 38.3 Å². The van der Waals surface area contributed by atoms with Crippen LogP contribution >= 0.6 is 0 Å². The second-order valence-electron chi connectivity index (χ2n) is 2.18. The minimum atomic E-state index is -3.49. The van der Waals surface area contributed by atoms with Gasteiger partial charge in [-0.3, -0.25) is 8.74 Å². The van der Waals surface area contributed by atoms with Crippen LogP contribution in [0.4, 0.5) is 0 Å². The molecule has 0 aliphatic rings. The van der Waals surface area contributed by atoms with Gasteiger partial charge in [0.1, 0.15) is 0 Å². The van der Waals surface area contributed by atoms with Crippen LogP contribution in [0.5, 0.6) is 0 Å². The zero-order chi connectivity index (χ0) is 9.03. The summed E-state index contributed by atoms with van der Waals surface area (Å²) in [4.78, 5) is 0. The third kappa shape index (κ3) is 6.56. The molecule has 0 aromatic heterocycles. The van der Waals surface area contributed by atoms with Crippen LogP contribution in [0.2, 0.25) is 0 Å². The van der Waals surface area contributed by atoms with Crippen molar-refractivity contribution < 1.29 is 12.9 Å². The molecule has 0 fully saturated rings. The molecule has 1 N–H and O–H groups in total. The van der Waals surface area contributed by atoms with Gasteiger partial charge < -0.3 is 0 Å². The van der Waals surface area contributed by atoms with E-state index in [0.717, 1.165) is 5.56 Å². The molecule has 0 aliphatic carbocycles. The quantitative estimate of drug-likeness (QED) is 0.773. The molecule has 1 aromatic rings. The van der Waals surface area contributed by atoms with Crippen LogP contribution in [0.3, 0.4) is 0 Å². The molecular formula is C7H9NaO3S2. The molecule has 68 valence electrons. The van der Waals surface area contributed by atoms with Gasteiger partial charge in [0.15, 0.2) is 0 Å². The van der Waals surface area contributed by atoms with Crippen molar-refractivity contribution in [1.82, 2.24) is 0 Å². The summed E-state index contributed by atoms with van der Waals surface area (Å²) in [6.07, 6.45) is 0. The Labute approximate surface area is 104 Å². The van der Waals surface area contributed by atoms with Crippen molar-refractivity contribution in [2.45, 2.75) is 6.61 Å². The molecule has 3 nitrogen and oxygen atoms in total. The topological polar surface area (TPSA) is 46.5 Å². The van der Waals surface area contributed by atoms with Crippen LogP contribution in [0.15, 0.2) is 30.3 Å². The van der Waals surface area contributed by atoms with E-state index in [0.29, 0.717) is 0 Å². The molecule has 1 unspecified atom stereocenters. The summed E-state index contributed by atoms with van der Waals surface area (Å²) < 4.78 is 23.6. The molecule has 0 amide bonds. The van der Waals surface area contributed by atoms with Gasteiger partial charge in [-0.2, -0.15) is 4.21 Å². The third-order valence-corrected chi connectivity index (χ3v) is 1.92. The molecule has 6 heteroatoms. The summed E-state index contributed by atoms with van der Waals surface area (Å²) in [7, 11) is -3.49. The first-order valence-electron chi connectivity index (χ1n) is 3.24. The molecular weight excluding hydrogens is 219 g/mol. The third-order valence-electron chi connectivity index (χ3n) is 1.22. The van der Waals surface area contributed by atoms with Gasteiger partial charge in [-0.25, -0.2) is 0 Å². The Morgan fingerprint density at radius 2 is 1.92 bits per heavy atom. The van der Waals surface area contributed by atoms with E-state index in [1.807, 2.05) is 18.2 Å².